The van der Waals surface area contributed by atoms with Gasteiger partial charge in [0.2, 0.25) is 5.91 Å². The third-order valence-electron chi connectivity index (χ3n) is 5.10. The van der Waals surface area contributed by atoms with Gasteiger partial charge in [-0.05, 0) is 36.8 Å². The summed E-state index contributed by atoms with van der Waals surface area (Å²) in [6, 6.07) is 7.25. The average molecular weight is 422 g/mol. The summed E-state index contributed by atoms with van der Waals surface area (Å²) in [6.45, 7) is 0.578. The molecule has 0 aliphatic heterocycles. The van der Waals surface area contributed by atoms with Crippen LogP contribution in [0.3, 0.4) is 0 Å². The zero-order chi connectivity index (χ0) is 22.2. The molecular formula is C22H35N3O5. The molecule has 8 nitrogen and oxygen atoms in total. The lowest BCUT2D eigenvalue weighted by Crippen LogP contribution is -2.46. The Morgan fingerprint density at radius 3 is 2.10 bits per heavy atom. The summed E-state index contributed by atoms with van der Waals surface area (Å²) in [7, 11) is 0. The van der Waals surface area contributed by atoms with Gasteiger partial charge in [-0.2, -0.15) is 0 Å². The Bertz CT molecular complexity index is 666. The number of carboxylic acids is 1. The number of carboxylic acid groups (broad SMARTS) is 1. The largest absolute Gasteiger partial charge is 0.481 e. The SMILES string of the molecule is NCc1ccccc1CCCCCCCCCC(=O)N[C@H](CCC(=O)O)C(=O)NO. The molecule has 8 heteroatoms. The highest BCUT2D eigenvalue weighted by molar-refractivity contribution is 5.87. The topological polar surface area (TPSA) is 142 Å². The molecular weight excluding hydrogens is 386 g/mol. The number of rotatable bonds is 16. The highest BCUT2D eigenvalue weighted by atomic mass is 16.5. The van der Waals surface area contributed by atoms with Crippen LogP contribution in [0.2, 0.25) is 0 Å². The molecule has 0 fully saturated rings. The second-order valence-electron chi connectivity index (χ2n) is 7.48. The molecule has 168 valence electrons. The Balaban J connectivity index is 2.10. The Morgan fingerprint density at radius 1 is 0.900 bits per heavy atom. The van der Waals surface area contributed by atoms with Crippen molar-refractivity contribution in [3.63, 3.8) is 0 Å². The Labute approximate surface area is 178 Å². The van der Waals surface area contributed by atoms with Crippen molar-refractivity contribution in [2.75, 3.05) is 0 Å². The van der Waals surface area contributed by atoms with E-state index >= 15 is 0 Å². The first kappa shape index (κ1) is 25.6. The van der Waals surface area contributed by atoms with E-state index < -0.39 is 17.9 Å². The van der Waals surface area contributed by atoms with E-state index in [1.165, 1.54) is 23.0 Å². The molecule has 0 aromatic heterocycles. The average Bonchev–Trinajstić information content (AvgIpc) is 2.74. The highest BCUT2D eigenvalue weighted by Crippen LogP contribution is 2.14. The van der Waals surface area contributed by atoms with Crippen LogP contribution in [0.25, 0.3) is 0 Å². The van der Waals surface area contributed by atoms with Crippen LogP contribution >= 0.6 is 0 Å². The van der Waals surface area contributed by atoms with Gasteiger partial charge in [-0.15, -0.1) is 0 Å². The Hall–Kier alpha value is -2.45. The fraction of sp³-hybridized carbons (Fsp3) is 0.591. The normalized spacial score (nSPS) is 11.7. The van der Waals surface area contributed by atoms with E-state index in [-0.39, 0.29) is 25.2 Å². The number of nitrogens with one attached hydrogen (secondary N) is 2. The molecule has 0 saturated carbocycles. The zero-order valence-corrected chi connectivity index (χ0v) is 17.6. The molecule has 0 saturated heterocycles. The summed E-state index contributed by atoms with van der Waals surface area (Å²) < 4.78 is 0. The van der Waals surface area contributed by atoms with E-state index in [0.29, 0.717) is 13.0 Å². The van der Waals surface area contributed by atoms with Gasteiger partial charge in [-0.25, -0.2) is 5.48 Å². The molecule has 1 atom stereocenters. The second-order valence-corrected chi connectivity index (χ2v) is 7.48. The van der Waals surface area contributed by atoms with Crippen molar-refractivity contribution in [1.29, 1.82) is 0 Å². The number of carbonyl (C=O) groups excluding carboxylic acids is 2. The van der Waals surface area contributed by atoms with Gasteiger partial charge in [0.15, 0.2) is 0 Å². The van der Waals surface area contributed by atoms with Crippen LogP contribution in [0.4, 0.5) is 0 Å². The maximum Gasteiger partial charge on any atom is 0.303 e. The van der Waals surface area contributed by atoms with E-state index in [2.05, 4.69) is 23.5 Å². The molecule has 1 rings (SSSR count). The molecule has 0 spiro atoms. The lowest BCUT2D eigenvalue weighted by Gasteiger charge is -2.15. The van der Waals surface area contributed by atoms with Crippen molar-refractivity contribution in [2.24, 2.45) is 5.73 Å². The molecule has 1 aromatic carbocycles. The predicted octanol–water partition coefficient (Wildman–Crippen LogP) is 2.66. The number of aryl methyl sites for hydroxylation is 1. The van der Waals surface area contributed by atoms with E-state index in [9.17, 15) is 14.4 Å². The van der Waals surface area contributed by atoms with Gasteiger partial charge in [0.1, 0.15) is 6.04 Å². The minimum absolute atomic E-state index is 0.0662. The molecule has 0 aliphatic rings. The molecule has 0 unspecified atom stereocenters. The number of hydrogen-bond acceptors (Lipinski definition) is 5. The summed E-state index contributed by atoms with van der Waals surface area (Å²) >= 11 is 0. The molecule has 0 radical (unpaired) electrons. The van der Waals surface area contributed by atoms with E-state index in [0.717, 1.165) is 38.5 Å². The maximum atomic E-state index is 12.0. The third-order valence-corrected chi connectivity index (χ3v) is 5.10. The number of nitrogens with two attached hydrogens (primary N) is 1. The fourth-order valence-corrected chi connectivity index (χ4v) is 3.37. The van der Waals surface area contributed by atoms with Gasteiger partial charge in [-0.1, -0.05) is 56.4 Å². The van der Waals surface area contributed by atoms with Crippen LogP contribution in [0, 0.1) is 0 Å². The van der Waals surface area contributed by atoms with Crippen LogP contribution in [0.1, 0.15) is 75.3 Å². The smallest absolute Gasteiger partial charge is 0.303 e. The summed E-state index contributed by atoms with van der Waals surface area (Å²) in [6.07, 6.45) is 8.27. The molecule has 2 amide bonds. The van der Waals surface area contributed by atoms with E-state index in [1.54, 1.807) is 0 Å². The lowest BCUT2D eigenvalue weighted by atomic mass is 10.0. The second kappa shape index (κ2) is 15.4. The molecule has 1 aromatic rings. The van der Waals surface area contributed by atoms with Crippen LogP contribution in [-0.2, 0) is 27.3 Å². The maximum absolute atomic E-state index is 12.0. The molecule has 0 aliphatic carbocycles. The van der Waals surface area contributed by atoms with Crippen LogP contribution < -0.4 is 16.5 Å². The van der Waals surface area contributed by atoms with Crippen molar-refractivity contribution >= 4 is 17.8 Å². The van der Waals surface area contributed by atoms with Gasteiger partial charge < -0.3 is 16.2 Å². The fourth-order valence-electron chi connectivity index (χ4n) is 3.37. The van der Waals surface area contributed by atoms with Gasteiger partial charge in [0.25, 0.3) is 5.91 Å². The van der Waals surface area contributed by atoms with Crippen molar-refractivity contribution < 1.29 is 24.7 Å². The number of aliphatic carboxylic acids is 1. The van der Waals surface area contributed by atoms with Gasteiger partial charge in [-0.3, -0.25) is 19.6 Å². The summed E-state index contributed by atoms with van der Waals surface area (Å²) in [5.74, 6) is -2.19. The molecule has 0 heterocycles. The number of benzene rings is 1. The van der Waals surface area contributed by atoms with Gasteiger partial charge >= 0.3 is 5.97 Å². The third kappa shape index (κ3) is 10.9. The number of unbranched alkanes of at least 4 members (excludes halogenated alkanes) is 6. The minimum Gasteiger partial charge on any atom is -0.481 e. The van der Waals surface area contributed by atoms with Gasteiger partial charge in [0.05, 0.1) is 0 Å². The Kier molecular flexibility index (Phi) is 13.1. The monoisotopic (exact) mass is 421 g/mol. The first-order valence-electron chi connectivity index (χ1n) is 10.7. The van der Waals surface area contributed by atoms with Crippen LogP contribution in [0.15, 0.2) is 24.3 Å². The minimum atomic E-state index is -1.07. The molecule has 0 bridgehead atoms. The Morgan fingerprint density at radius 2 is 1.50 bits per heavy atom. The quantitative estimate of drug-likeness (QED) is 0.158. The van der Waals surface area contributed by atoms with Crippen molar-refractivity contribution in [2.45, 2.75) is 83.2 Å². The van der Waals surface area contributed by atoms with Crippen molar-refractivity contribution in [1.82, 2.24) is 10.8 Å². The number of hydroxylamine groups is 1. The van der Waals surface area contributed by atoms with Crippen molar-refractivity contribution in [3.8, 4) is 0 Å². The summed E-state index contributed by atoms with van der Waals surface area (Å²) in [5, 5.41) is 19.9. The van der Waals surface area contributed by atoms with E-state index in [1.807, 2.05) is 6.07 Å². The first-order valence-corrected chi connectivity index (χ1v) is 10.7. The number of hydrogen-bond donors (Lipinski definition) is 5. The summed E-state index contributed by atoms with van der Waals surface area (Å²) in [4.78, 5) is 34.1. The van der Waals surface area contributed by atoms with Gasteiger partial charge in [0, 0.05) is 19.4 Å². The van der Waals surface area contributed by atoms with Crippen LogP contribution in [0.5, 0.6) is 0 Å². The molecule has 30 heavy (non-hydrogen) atoms. The highest BCUT2D eigenvalue weighted by Gasteiger charge is 2.21. The number of amides is 2. The predicted molar refractivity (Wildman–Crippen MR) is 114 cm³/mol. The first-order chi connectivity index (χ1) is 14.5. The summed E-state index contributed by atoms with van der Waals surface area (Å²) in [5.41, 5.74) is 9.78. The standard InChI is InChI=1S/C22H35N3O5/c23-16-18-12-9-8-11-17(18)10-6-4-2-1-3-5-7-13-20(26)24-19(22(29)25-30)14-15-21(27)28/h8-9,11-12,19,30H,1-7,10,13-16,23H2,(H,24,26)(H,25,29)(H,27,28)/t19-/m1/s1. The van der Waals surface area contributed by atoms with Crippen molar-refractivity contribution in [3.05, 3.63) is 35.4 Å². The lowest BCUT2D eigenvalue weighted by molar-refractivity contribution is -0.139. The zero-order valence-electron chi connectivity index (χ0n) is 17.6. The van der Waals surface area contributed by atoms with E-state index in [4.69, 9.17) is 16.0 Å². The molecule has 6 N–H and O–H groups in total. The number of carbonyl (C=O) groups is 3. The van der Waals surface area contributed by atoms with Crippen LogP contribution in [-0.4, -0.2) is 34.1 Å².